The largest absolute Gasteiger partial charge is 0.480 e. The summed E-state index contributed by atoms with van der Waals surface area (Å²) in [5.41, 5.74) is 0. The molecule has 8 nitrogen and oxygen atoms in total. The van der Waals surface area contributed by atoms with Crippen molar-refractivity contribution < 1.29 is 29.0 Å². The number of carbonyl (C=O) groups excluding carboxylic acids is 2. The molecule has 1 aliphatic rings. The second-order valence-electron chi connectivity index (χ2n) is 4.54. The minimum absolute atomic E-state index is 0.0173. The summed E-state index contributed by atoms with van der Waals surface area (Å²) in [6.07, 6.45) is 1.57. The first-order chi connectivity index (χ1) is 9.52. The van der Waals surface area contributed by atoms with Crippen LogP contribution in [0.3, 0.4) is 0 Å². The number of hydrogen-bond acceptors (Lipinski definition) is 5. The molecule has 0 aromatic rings. The molecule has 0 aliphatic carbocycles. The molecular weight excluding hydrogens is 268 g/mol. The molecule has 0 bridgehead atoms. The first-order valence-electron chi connectivity index (χ1n) is 6.47. The SMILES string of the molecule is COC(=O)CC[C@H](NC(=O)NC1CCCOC1)C(=O)O. The van der Waals surface area contributed by atoms with E-state index in [1.807, 2.05) is 0 Å². The fourth-order valence-corrected chi connectivity index (χ4v) is 1.86. The quantitative estimate of drug-likeness (QED) is 0.587. The van der Waals surface area contributed by atoms with Crippen LogP contribution in [0.1, 0.15) is 25.7 Å². The third-order valence-electron chi connectivity index (χ3n) is 2.96. The van der Waals surface area contributed by atoms with Crippen LogP contribution < -0.4 is 10.6 Å². The van der Waals surface area contributed by atoms with E-state index in [1.54, 1.807) is 0 Å². The molecule has 0 saturated carbocycles. The van der Waals surface area contributed by atoms with Crippen molar-refractivity contribution in [3.8, 4) is 0 Å². The number of urea groups is 1. The van der Waals surface area contributed by atoms with Crippen molar-refractivity contribution in [2.24, 2.45) is 0 Å². The van der Waals surface area contributed by atoms with Gasteiger partial charge in [-0.3, -0.25) is 4.79 Å². The minimum atomic E-state index is -1.19. The Labute approximate surface area is 116 Å². The number of nitrogens with one attached hydrogen (secondary N) is 2. The number of rotatable bonds is 6. The normalized spacial score (nSPS) is 19.8. The van der Waals surface area contributed by atoms with Crippen LogP contribution in [0.25, 0.3) is 0 Å². The van der Waals surface area contributed by atoms with Crippen molar-refractivity contribution in [2.45, 2.75) is 37.8 Å². The lowest BCUT2D eigenvalue weighted by Gasteiger charge is -2.24. The summed E-state index contributed by atoms with van der Waals surface area (Å²) in [6.45, 7) is 1.10. The van der Waals surface area contributed by atoms with Gasteiger partial charge in [0, 0.05) is 13.0 Å². The van der Waals surface area contributed by atoms with Gasteiger partial charge in [-0.2, -0.15) is 0 Å². The van der Waals surface area contributed by atoms with Crippen molar-refractivity contribution >= 4 is 18.0 Å². The minimum Gasteiger partial charge on any atom is -0.480 e. The van der Waals surface area contributed by atoms with Crippen LogP contribution in [0.4, 0.5) is 4.79 Å². The topological polar surface area (TPSA) is 114 Å². The van der Waals surface area contributed by atoms with Crippen molar-refractivity contribution in [3.05, 3.63) is 0 Å². The van der Waals surface area contributed by atoms with Gasteiger partial charge < -0.3 is 25.2 Å². The van der Waals surface area contributed by atoms with Crippen LogP contribution in [0.2, 0.25) is 0 Å². The highest BCUT2D eigenvalue weighted by Crippen LogP contribution is 2.06. The molecule has 1 rings (SSSR count). The molecule has 20 heavy (non-hydrogen) atoms. The maximum atomic E-state index is 11.7. The van der Waals surface area contributed by atoms with Gasteiger partial charge in [-0.1, -0.05) is 0 Å². The van der Waals surface area contributed by atoms with Gasteiger partial charge in [0.05, 0.1) is 19.8 Å². The molecule has 1 aliphatic heterocycles. The molecule has 1 heterocycles. The molecule has 3 N–H and O–H groups in total. The van der Waals surface area contributed by atoms with Gasteiger partial charge in [0.1, 0.15) is 6.04 Å². The standard InChI is InChI=1S/C12H20N2O6/c1-19-10(15)5-4-9(11(16)17)14-12(18)13-8-3-2-6-20-7-8/h8-9H,2-7H2,1H3,(H,16,17)(H2,13,14,18)/t8?,9-/m0/s1. The Bertz CT molecular complexity index is 354. The van der Waals surface area contributed by atoms with Gasteiger partial charge in [0.2, 0.25) is 0 Å². The molecule has 0 aromatic carbocycles. The summed E-state index contributed by atoms with van der Waals surface area (Å²) in [4.78, 5) is 33.7. The summed E-state index contributed by atoms with van der Waals surface area (Å²) in [5, 5.41) is 14.0. The second kappa shape index (κ2) is 8.36. The van der Waals surface area contributed by atoms with E-state index in [4.69, 9.17) is 9.84 Å². The number of hydrogen-bond donors (Lipinski definition) is 3. The molecule has 114 valence electrons. The zero-order valence-electron chi connectivity index (χ0n) is 11.4. The summed E-state index contributed by atoms with van der Waals surface area (Å²) >= 11 is 0. The maximum absolute atomic E-state index is 11.7. The van der Waals surface area contributed by atoms with Crippen LogP contribution >= 0.6 is 0 Å². The van der Waals surface area contributed by atoms with Crippen molar-refractivity contribution in [1.82, 2.24) is 10.6 Å². The van der Waals surface area contributed by atoms with Gasteiger partial charge in [-0.15, -0.1) is 0 Å². The average molecular weight is 288 g/mol. The van der Waals surface area contributed by atoms with Gasteiger partial charge in [0.25, 0.3) is 0 Å². The molecule has 2 amide bonds. The third-order valence-corrected chi connectivity index (χ3v) is 2.96. The Kier molecular flexibility index (Phi) is 6.78. The second-order valence-corrected chi connectivity index (χ2v) is 4.54. The van der Waals surface area contributed by atoms with Crippen LogP contribution in [0, 0.1) is 0 Å². The predicted molar refractivity (Wildman–Crippen MR) is 68.2 cm³/mol. The van der Waals surface area contributed by atoms with E-state index >= 15 is 0 Å². The number of esters is 1. The van der Waals surface area contributed by atoms with Gasteiger partial charge in [-0.05, 0) is 19.3 Å². The number of carboxylic acids is 1. The maximum Gasteiger partial charge on any atom is 0.326 e. The van der Waals surface area contributed by atoms with Gasteiger partial charge >= 0.3 is 18.0 Å². The Morgan fingerprint density at radius 1 is 1.45 bits per heavy atom. The zero-order chi connectivity index (χ0) is 15.0. The third kappa shape index (κ3) is 5.87. The lowest BCUT2D eigenvalue weighted by Crippen LogP contribution is -2.51. The summed E-state index contributed by atoms with van der Waals surface area (Å²) < 4.78 is 9.64. The summed E-state index contributed by atoms with van der Waals surface area (Å²) in [6, 6.07) is -1.81. The number of carbonyl (C=O) groups is 3. The fraction of sp³-hybridized carbons (Fsp3) is 0.750. The number of ether oxygens (including phenoxy) is 2. The highest BCUT2D eigenvalue weighted by atomic mass is 16.5. The Morgan fingerprint density at radius 3 is 2.75 bits per heavy atom. The van der Waals surface area contributed by atoms with E-state index in [9.17, 15) is 14.4 Å². The first-order valence-corrected chi connectivity index (χ1v) is 6.47. The number of aliphatic carboxylic acids is 1. The number of methoxy groups -OCH3 is 1. The van der Waals surface area contributed by atoms with Crippen molar-refractivity contribution in [2.75, 3.05) is 20.3 Å². The number of carboxylic acid groups (broad SMARTS) is 1. The zero-order valence-corrected chi connectivity index (χ0v) is 11.4. The van der Waals surface area contributed by atoms with Gasteiger partial charge in [0.15, 0.2) is 0 Å². The van der Waals surface area contributed by atoms with Crippen LogP contribution in [0.15, 0.2) is 0 Å². The van der Waals surface area contributed by atoms with E-state index < -0.39 is 24.0 Å². The number of amides is 2. The van der Waals surface area contributed by atoms with Crippen LogP contribution in [-0.4, -0.2) is 55.5 Å². The van der Waals surface area contributed by atoms with E-state index in [0.717, 1.165) is 12.8 Å². The molecular formula is C12H20N2O6. The van der Waals surface area contributed by atoms with E-state index in [0.29, 0.717) is 13.2 Å². The molecule has 0 radical (unpaired) electrons. The lowest BCUT2D eigenvalue weighted by atomic mass is 10.1. The van der Waals surface area contributed by atoms with Crippen molar-refractivity contribution in [1.29, 1.82) is 0 Å². The molecule has 1 unspecified atom stereocenters. The summed E-state index contributed by atoms with van der Waals surface area (Å²) in [7, 11) is 1.22. The smallest absolute Gasteiger partial charge is 0.326 e. The summed E-state index contributed by atoms with van der Waals surface area (Å²) in [5.74, 6) is -1.71. The Balaban J connectivity index is 2.37. The predicted octanol–water partition coefficient (Wildman–Crippen LogP) is -0.129. The van der Waals surface area contributed by atoms with E-state index in [1.165, 1.54) is 7.11 Å². The monoisotopic (exact) mass is 288 g/mol. The highest BCUT2D eigenvalue weighted by molar-refractivity contribution is 5.83. The highest BCUT2D eigenvalue weighted by Gasteiger charge is 2.23. The van der Waals surface area contributed by atoms with Crippen LogP contribution in [-0.2, 0) is 19.1 Å². The average Bonchev–Trinajstić information content (AvgIpc) is 2.43. The first kappa shape index (κ1) is 16.2. The molecule has 1 saturated heterocycles. The molecule has 8 heteroatoms. The van der Waals surface area contributed by atoms with E-state index in [2.05, 4.69) is 15.4 Å². The molecule has 2 atom stereocenters. The Morgan fingerprint density at radius 2 is 2.20 bits per heavy atom. The molecule has 0 aromatic heterocycles. The van der Waals surface area contributed by atoms with E-state index in [-0.39, 0.29) is 18.9 Å². The van der Waals surface area contributed by atoms with Gasteiger partial charge in [-0.25, -0.2) is 9.59 Å². The fourth-order valence-electron chi connectivity index (χ4n) is 1.86. The Hall–Kier alpha value is -1.83. The van der Waals surface area contributed by atoms with Crippen molar-refractivity contribution in [3.63, 3.8) is 0 Å². The lowest BCUT2D eigenvalue weighted by molar-refractivity contribution is -0.142. The van der Waals surface area contributed by atoms with Crippen LogP contribution in [0.5, 0.6) is 0 Å². The molecule has 1 fully saturated rings. The molecule has 0 spiro atoms.